The zero-order chi connectivity index (χ0) is 15.7. The summed E-state index contributed by atoms with van der Waals surface area (Å²) in [5, 5.41) is 4.11. The third kappa shape index (κ3) is 3.08. The third-order valence-electron chi connectivity index (χ3n) is 3.02. The van der Waals surface area contributed by atoms with Gasteiger partial charge < -0.3 is 11.1 Å². The van der Waals surface area contributed by atoms with Crippen molar-refractivity contribution in [3.63, 3.8) is 0 Å². The van der Waals surface area contributed by atoms with Gasteiger partial charge in [0.15, 0.2) is 5.54 Å². The molecule has 1 atom stereocenters. The highest BCUT2D eigenvalue weighted by molar-refractivity contribution is 7.13. The predicted molar refractivity (Wildman–Crippen MR) is 77.0 cm³/mol. The fraction of sp³-hybridized carbons (Fsp3) is 0.214. The van der Waals surface area contributed by atoms with Crippen LogP contribution in [0.3, 0.4) is 0 Å². The Morgan fingerprint density at radius 2 is 1.86 bits per heavy atom. The molecule has 1 amide bonds. The van der Waals surface area contributed by atoms with Crippen LogP contribution in [0.4, 0.5) is 18.9 Å². The van der Waals surface area contributed by atoms with Gasteiger partial charge in [-0.1, -0.05) is 24.3 Å². The Kier molecular flexibility index (Phi) is 4.06. The van der Waals surface area contributed by atoms with Crippen molar-refractivity contribution in [2.24, 2.45) is 5.73 Å². The average Bonchev–Trinajstić information content (AvgIpc) is 2.91. The summed E-state index contributed by atoms with van der Waals surface area (Å²) in [5.41, 5.74) is 3.12. The predicted octanol–water partition coefficient (Wildman–Crippen LogP) is 3.63. The Morgan fingerprint density at radius 1 is 1.19 bits per heavy atom. The Bertz CT molecular complexity index is 636. The Balaban J connectivity index is 2.31. The standard InChI is InChI=1S/C14H13F3N2OS/c1-13(18,14(15,16)17)12(20)19-10-6-3-2-5-9(10)11-7-4-8-21-11/h2-8H,18H2,1H3,(H,19,20). The zero-order valence-corrected chi connectivity index (χ0v) is 11.9. The van der Waals surface area contributed by atoms with Gasteiger partial charge in [-0.25, -0.2) is 0 Å². The Morgan fingerprint density at radius 3 is 2.43 bits per heavy atom. The number of carbonyl (C=O) groups is 1. The first-order valence-corrected chi connectivity index (χ1v) is 6.91. The summed E-state index contributed by atoms with van der Waals surface area (Å²) in [6.07, 6.45) is -4.82. The summed E-state index contributed by atoms with van der Waals surface area (Å²) in [7, 11) is 0. The van der Waals surface area contributed by atoms with Crippen molar-refractivity contribution in [3.05, 3.63) is 41.8 Å². The number of benzene rings is 1. The van der Waals surface area contributed by atoms with E-state index in [9.17, 15) is 18.0 Å². The van der Waals surface area contributed by atoms with Crippen LogP contribution >= 0.6 is 11.3 Å². The summed E-state index contributed by atoms with van der Waals surface area (Å²) in [5.74, 6) is -1.29. The van der Waals surface area contributed by atoms with Crippen molar-refractivity contribution in [1.82, 2.24) is 0 Å². The van der Waals surface area contributed by atoms with E-state index in [2.05, 4.69) is 5.32 Å². The van der Waals surface area contributed by atoms with Crippen LogP contribution in [0.1, 0.15) is 6.92 Å². The molecule has 0 saturated carbocycles. The quantitative estimate of drug-likeness (QED) is 0.909. The zero-order valence-electron chi connectivity index (χ0n) is 11.1. The number of anilines is 1. The van der Waals surface area contributed by atoms with Crippen molar-refractivity contribution in [3.8, 4) is 10.4 Å². The number of alkyl halides is 3. The van der Waals surface area contributed by atoms with Crippen molar-refractivity contribution in [2.75, 3.05) is 5.32 Å². The first-order valence-electron chi connectivity index (χ1n) is 6.03. The number of amides is 1. The lowest BCUT2D eigenvalue weighted by atomic mass is 10.0. The molecule has 1 unspecified atom stereocenters. The SMILES string of the molecule is CC(N)(C(=O)Nc1ccccc1-c1cccs1)C(F)(F)F. The lowest BCUT2D eigenvalue weighted by Gasteiger charge is -2.26. The van der Waals surface area contributed by atoms with Gasteiger partial charge in [-0.2, -0.15) is 13.2 Å². The van der Waals surface area contributed by atoms with E-state index in [1.54, 1.807) is 24.3 Å². The Labute approximate surface area is 123 Å². The maximum Gasteiger partial charge on any atom is 0.415 e. The molecule has 21 heavy (non-hydrogen) atoms. The van der Waals surface area contributed by atoms with E-state index in [4.69, 9.17) is 5.73 Å². The van der Waals surface area contributed by atoms with Crippen LogP contribution in [-0.4, -0.2) is 17.6 Å². The van der Waals surface area contributed by atoms with Crippen molar-refractivity contribution in [2.45, 2.75) is 18.6 Å². The molecule has 0 radical (unpaired) electrons. The number of rotatable bonds is 3. The highest BCUT2D eigenvalue weighted by Crippen LogP contribution is 2.33. The molecule has 0 fully saturated rings. The molecule has 3 N–H and O–H groups in total. The molecule has 1 aromatic heterocycles. The minimum absolute atomic E-state index is 0.297. The highest BCUT2D eigenvalue weighted by Gasteiger charge is 2.54. The lowest BCUT2D eigenvalue weighted by Crippen LogP contribution is -2.59. The molecule has 1 aromatic carbocycles. The van der Waals surface area contributed by atoms with E-state index in [1.807, 2.05) is 17.5 Å². The number of nitrogens with one attached hydrogen (secondary N) is 1. The van der Waals surface area contributed by atoms with Gasteiger partial charge >= 0.3 is 6.18 Å². The third-order valence-corrected chi connectivity index (χ3v) is 3.93. The minimum atomic E-state index is -4.82. The topological polar surface area (TPSA) is 55.1 Å². The molecule has 0 saturated heterocycles. The van der Waals surface area contributed by atoms with Crippen LogP contribution in [0.15, 0.2) is 41.8 Å². The van der Waals surface area contributed by atoms with E-state index in [0.717, 1.165) is 4.88 Å². The molecule has 1 heterocycles. The fourth-order valence-corrected chi connectivity index (χ4v) is 2.39. The molecule has 7 heteroatoms. The van der Waals surface area contributed by atoms with Gasteiger partial charge in [0.05, 0.1) is 0 Å². The van der Waals surface area contributed by atoms with Crippen LogP contribution in [0.2, 0.25) is 0 Å². The number of halogens is 3. The molecular formula is C14H13F3N2OS. The molecule has 0 bridgehead atoms. The number of hydrogen-bond donors (Lipinski definition) is 2. The van der Waals surface area contributed by atoms with Gasteiger partial charge in [0.25, 0.3) is 5.91 Å². The van der Waals surface area contributed by atoms with Gasteiger partial charge in [0.2, 0.25) is 0 Å². The molecule has 0 aliphatic carbocycles. The van der Waals surface area contributed by atoms with E-state index in [0.29, 0.717) is 18.2 Å². The summed E-state index contributed by atoms with van der Waals surface area (Å²) in [6.45, 7) is 0.649. The first-order chi connectivity index (χ1) is 9.73. The highest BCUT2D eigenvalue weighted by atomic mass is 32.1. The van der Waals surface area contributed by atoms with Gasteiger partial charge in [-0.15, -0.1) is 11.3 Å². The largest absolute Gasteiger partial charge is 0.415 e. The second kappa shape index (κ2) is 5.50. The van der Waals surface area contributed by atoms with Crippen molar-refractivity contribution >= 4 is 22.9 Å². The molecule has 3 nitrogen and oxygen atoms in total. The minimum Gasteiger partial charge on any atom is -0.324 e. The number of thiophene rings is 1. The van der Waals surface area contributed by atoms with Crippen molar-refractivity contribution in [1.29, 1.82) is 0 Å². The smallest absolute Gasteiger partial charge is 0.324 e. The van der Waals surface area contributed by atoms with Gasteiger partial charge in [-0.05, 0) is 24.4 Å². The summed E-state index contributed by atoms with van der Waals surface area (Å²) in [6, 6.07) is 10.3. The normalized spacial score (nSPS) is 14.5. The average molecular weight is 314 g/mol. The molecule has 0 spiro atoms. The van der Waals surface area contributed by atoms with E-state index in [1.165, 1.54) is 11.3 Å². The molecule has 2 aromatic rings. The maximum atomic E-state index is 12.8. The van der Waals surface area contributed by atoms with Crippen LogP contribution in [-0.2, 0) is 4.79 Å². The maximum absolute atomic E-state index is 12.8. The fourth-order valence-electron chi connectivity index (χ4n) is 1.62. The number of carbonyl (C=O) groups excluding carboxylic acids is 1. The van der Waals surface area contributed by atoms with Crippen molar-refractivity contribution < 1.29 is 18.0 Å². The molecule has 112 valence electrons. The lowest BCUT2D eigenvalue weighted by molar-refractivity contribution is -0.184. The summed E-state index contributed by atoms with van der Waals surface area (Å²) >= 11 is 1.43. The van der Waals surface area contributed by atoms with E-state index >= 15 is 0 Å². The summed E-state index contributed by atoms with van der Waals surface area (Å²) < 4.78 is 38.3. The number of para-hydroxylation sites is 1. The number of hydrogen-bond acceptors (Lipinski definition) is 3. The first kappa shape index (κ1) is 15.5. The molecule has 0 aliphatic heterocycles. The van der Waals surface area contributed by atoms with Crippen LogP contribution in [0.5, 0.6) is 0 Å². The molecule has 2 rings (SSSR count). The van der Waals surface area contributed by atoms with E-state index < -0.39 is 17.6 Å². The molecular weight excluding hydrogens is 301 g/mol. The van der Waals surface area contributed by atoms with Crippen LogP contribution in [0, 0.1) is 0 Å². The van der Waals surface area contributed by atoms with Gasteiger partial charge in [0.1, 0.15) is 0 Å². The summed E-state index contributed by atoms with van der Waals surface area (Å²) in [4.78, 5) is 12.7. The second-order valence-electron chi connectivity index (χ2n) is 4.68. The van der Waals surface area contributed by atoms with Crippen LogP contribution in [0.25, 0.3) is 10.4 Å². The Hall–Kier alpha value is -1.86. The van der Waals surface area contributed by atoms with Gasteiger partial charge in [-0.3, -0.25) is 4.79 Å². The second-order valence-corrected chi connectivity index (χ2v) is 5.62. The monoisotopic (exact) mass is 314 g/mol. The van der Waals surface area contributed by atoms with Crippen LogP contribution < -0.4 is 11.1 Å². The van der Waals surface area contributed by atoms with Gasteiger partial charge in [0, 0.05) is 16.1 Å². The van der Waals surface area contributed by atoms with E-state index in [-0.39, 0.29) is 0 Å². The number of nitrogens with two attached hydrogens (primary N) is 1. The molecule has 0 aliphatic rings.